The van der Waals surface area contributed by atoms with Gasteiger partial charge in [-0.25, -0.2) is 9.59 Å². The summed E-state index contributed by atoms with van der Waals surface area (Å²) >= 11 is 0. The average Bonchev–Trinajstić information content (AvgIpc) is 2.38. The normalized spacial score (nSPS) is 8.78. The second-order valence-corrected chi connectivity index (χ2v) is 2.92. The SMILES string of the molecule is C=CC(=O)OCC.C=CC=CCC(=C)C(=O)OC. The summed E-state index contributed by atoms with van der Waals surface area (Å²) in [7, 11) is 1.34. The zero-order valence-electron chi connectivity index (χ0n) is 11.0. The zero-order chi connectivity index (χ0) is 14.4. The predicted octanol–water partition coefficient (Wildman–Crippen LogP) is 2.58. The summed E-state index contributed by atoms with van der Waals surface area (Å²) in [5, 5.41) is 0. The Morgan fingerprint density at radius 3 is 2.22 bits per heavy atom. The lowest BCUT2D eigenvalue weighted by atomic mass is 10.2. The smallest absolute Gasteiger partial charge is 0.333 e. The van der Waals surface area contributed by atoms with E-state index in [9.17, 15) is 9.59 Å². The monoisotopic (exact) mass is 252 g/mol. The van der Waals surface area contributed by atoms with Crippen LogP contribution in [0.4, 0.5) is 0 Å². The minimum absolute atomic E-state index is 0.359. The van der Waals surface area contributed by atoms with Crippen LogP contribution in [0.5, 0.6) is 0 Å². The van der Waals surface area contributed by atoms with Gasteiger partial charge in [0.1, 0.15) is 0 Å². The van der Waals surface area contributed by atoms with Crippen LogP contribution in [0, 0.1) is 0 Å². The number of carbonyl (C=O) groups excluding carboxylic acids is 2. The Kier molecular flexibility index (Phi) is 13.2. The highest BCUT2D eigenvalue weighted by atomic mass is 16.5. The van der Waals surface area contributed by atoms with E-state index in [-0.39, 0.29) is 11.9 Å². The molecule has 18 heavy (non-hydrogen) atoms. The minimum atomic E-state index is -0.362. The zero-order valence-corrected chi connectivity index (χ0v) is 11.0. The van der Waals surface area contributed by atoms with Crippen LogP contribution < -0.4 is 0 Å². The molecule has 0 spiro atoms. The maximum atomic E-state index is 10.7. The van der Waals surface area contributed by atoms with Crippen LogP contribution in [0.15, 0.2) is 49.6 Å². The van der Waals surface area contributed by atoms with Gasteiger partial charge < -0.3 is 9.47 Å². The number of esters is 2. The molecule has 100 valence electrons. The van der Waals surface area contributed by atoms with E-state index in [1.54, 1.807) is 25.2 Å². The molecule has 0 heterocycles. The van der Waals surface area contributed by atoms with Crippen LogP contribution in [0.2, 0.25) is 0 Å². The molecule has 0 aliphatic heterocycles. The van der Waals surface area contributed by atoms with Crippen LogP contribution in [-0.4, -0.2) is 25.7 Å². The fraction of sp³-hybridized carbons (Fsp3) is 0.286. The maximum Gasteiger partial charge on any atom is 0.333 e. The molecule has 0 aliphatic carbocycles. The van der Waals surface area contributed by atoms with Gasteiger partial charge in [0, 0.05) is 11.6 Å². The van der Waals surface area contributed by atoms with Crippen LogP contribution in [0.3, 0.4) is 0 Å². The van der Waals surface area contributed by atoms with E-state index in [0.717, 1.165) is 6.08 Å². The van der Waals surface area contributed by atoms with Gasteiger partial charge in [0.2, 0.25) is 0 Å². The number of rotatable bonds is 6. The van der Waals surface area contributed by atoms with Crippen LogP contribution >= 0.6 is 0 Å². The Bertz CT molecular complexity index is 327. The number of methoxy groups -OCH3 is 1. The largest absolute Gasteiger partial charge is 0.466 e. The second-order valence-electron chi connectivity index (χ2n) is 2.92. The number of hydrogen-bond acceptors (Lipinski definition) is 4. The lowest BCUT2D eigenvalue weighted by Crippen LogP contribution is -2.02. The number of ether oxygens (including phenoxy) is 2. The van der Waals surface area contributed by atoms with Crippen molar-refractivity contribution in [3.05, 3.63) is 49.6 Å². The van der Waals surface area contributed by atoms with Crippen LogP contribution in [-0.2, 0) is 19.1 Å². The molecule has 0 aliphatic rings. The summed E-state index contributed by atoms with van der Waals surface area (Å²) in [5.74, 6) is -0.721. The minimum Gasteiger partial charge on any atom is -0.466 e. The molecule has 0 atom stereocenters. The summed E-state index contributed by atoms with van der Waals surface area (Å²) in [6, 6.07) is 0. The van der Waals surface area contributed by atoms with E-state index in [1.807, 2.05) is 0 Å². The Morgan fingerprint density at radius 1 is 1.28 bits per heavy atom. The third-order valence-corrected chi connectivity index (χ3v) is 1.56. The van der Waals surface area contributed by atoms with Crippen LogP contribution in [0.25, 0.3) is 0 Å². The summed E-state index contributed by atoms with van der Waals surface area (Å²) in [4.78, 5) is 20.8. The summed E-state index contributed by atoms with van der Waals surface area (Å²) in [6.45, 7) is 12.4. The quantitative estimate of drug-likeness (QED) is 0.414. The third-order valence-electron chi connectivity index (χ3n) is 1.56. The summed E-state index contributed by atoms with van der Waals surface area (Å²) in [5.41, 5.74) is 0.450. The topological polar surface area (TPSA) is 52.6 Å². The van der Waals surface area contributed by atoms with Crippen molar-refractivity contribution in [3.63, 3.8) is 0 Å². The first-order valence-electron chi connectivity index (χ1n) is 5.36. The first kappa shape index (κ1) is 18.3. The first-order valence-corrected chi connectivity index (χ1v) is 5.36. The van der Waals surface area contributed by atoms with Crippen molar-refractivity contribution in [1.29, 1.82) is 0 Å². The Balaban J connectivity index is 0. The molecule has 0 saturated heterocycles. The van der Waals surface area contributed by atoms with Gasteiger partial charge in [-0.3, -0.25) is 0 Å². The van der Waals surface area contributed by atoms with Gasteiger partial charge in [-0.15, -0.1) is 0 Å². The van der Waals surface area contributed by atoms with E-state index < -0.39 is 0 Å². The maximum absolute atomic E-state index is 10.7. The highest BCUT2D eigenvalue weighted by Gasteiger charge is 2.02. The standard InChI is InChI=1S/C9H12O2.C5H8O2/c1-4-5-6-7-8(2)9(10)11-3;1-3-5(6)7-4-2/h4-6H,1-2,7H2,3H3;3H,1,4H2,2H3. The number of hydrogen-bond donors (Lipinski definition) is 0. The third kappa shape index (κ3) is 12.0. The molecule has 0 N–H and O–H groups in total. The van der Waals surface area contributed by atoms with E-state index in [0.29, 0.717) is 18.6 Å². The number of allylic oxidation sites excluding steroid dienone is 3. The molecule has 0 bridgehead atoms. The van der Waals surface area contributed by atoms with Gasteiger partial charge in [0.05, 0.1) is 13.7 Å². The van der Waals surface area contributed by atoms with Crippen LogP contribution in [0.1, 0.15) is 13.3 Å². The number of carbonyl (C=O) groups is 2. The van der Waals surface area contributed by atoms with Crippen molar-refractivity contribution in [3.8, 4) is 0 Å². The van der Waals surface area contributed by atoms with Crippen molar-refractivity contribution >= 4 is 11.9 Å². The second kappa shape index (κ2) is 13.0. The molecule has 0 aromatic rings. The Morgan fingerprint density at radius 2 is 1.89 bits per heavy atom. The van der Waals surface area contributed by atoms with Gasteiger partial charge in [-0.1, -0.05) is 38.0 Å². The van der Waals surface area contributed by atoms with Crippen molar-refractivity contribution in [2.45, 2.75) is 13.3 Å². The summed E-state index contributed by atoms with van der Waals surface area (Å²) in [6.07, 6.45) is 6.85. The summed E-state index contributed by atoms with van der Waals surface area (Å²) < 4.78 is 8.88. The van der Waals surface area contributed by atoms with E-state index >= 15 is 0 Å². The fourth-order valence-corrected chi connectivity index (χ4v) is 0.735. The molecule has 0 aromatic heterocycles. The first-order chi connectivity index (χ1) is 8.53. The Hall–Kier alpha value is -2.10. The molecule has 4 nitrogen and oxygen atoms in total. The van der Waals surface area contributed by atoms with Crippen molar-refractivity contribution < 1.29 is 19.1 Å². The van der Waals surface area contributed by atoms with Crippen molar-refractivity contribution in [2.24, 2.45) is 0 Å². The molecule has 0 amide bonds. The highest BCUT2D eigenvalue weighted by Crippen LogP contribution is 2.00. The Labute approximate surface area is 108 Å². The molecule has 0 rings (SSSR count). The molecule has 0 aromatic carbocycles. The lowest BCUT2D eigenvalue weighted by Gasteiger charge is -1.97. The molecule has 0 saturated carbocycles. The molecule has 4 heteroatoms. The predicted molar refractivity (Wildman–Crippen MR) is 71.9 cm³/mol. The van der Waals surface area contributed by atoms with Crippen molar-refractivity contribution in [2.75, 3.05) is 13.7 Å². The molecular formula is C14H20O4. The van der Waals surface area contributed by atoms with Gasteiger partial charge in [0.15, 0.2) is 0 Å². The van der Waals surface area contributed by atoms with Crippen molar-refractivity contribution in [1.82, 2.24) is 0 Å². The van der Waals surface area contributed by atoms with E-state index in [2.05, 4.69) is 29.2 Å². The van der Waals surface area contributed by atoms with E-state index in [4.69, 9.17) is 0 Å². The van der Waals surface area contributed by atoms with Gasteiger partial charge in [0.25, 0.3) is 0 Å². The average molecular weight is 252 g/mol. The molecule has 0 unspecified atom stereocenters. The van der Waals surface area contributed by atoms with Gasteiger partial charge in [-0.2, -0.15) is 0 Å². The lowest BCUT2D eigenvalue weighted by molar-refractivity contribution is -0.137. The van der Waals surface area contributed by atoms with E-state index in [1.165, 1.54) is 7.11 Å². The molecule has 0 fully saturated rings. The van der Waals surface area contributed by atoms with Gasteiger partial charge in [-0.05, 0) is 13.3 Å². The molecule has 0 radical (unpaired) electrons. The highest BCUT2D eigenvalue weighted by molar-refractivity contribution is 5.87. The molecular weight excluding hydrogens is 232 g/mol. The van der Waals surface area contributed by atoms with Gasteiger partial charge >= 0.3 is 11.9 Å². The fourth-order valence-electron chi connectivity index (χ4n) is 0.735.